The van der Waals surface area contributed by atoms with E-state index in [0.717, 1.165) is 10.6 Å². The maximum absolute atomic E-state index is 11.3. The molecule has 1 heterocycles. The summed E-state index contributed by atoms with van der Waals surface area (Å²) in [4.78, 5) is 16.4. The summed E-state index contributed by atoms with van der Waals surface area (Å²) in [5.74, 6) is -0.264. The summed E-state index contributed by atoms with van der Waals surface area (Å²) in [6, 6.07) is 0. The van der Waals surface area contributed by atoms with Gasteiger partial charge in [-0.2, -0.15) is 0 Å². The maximum atomic E-state index is 11.3. The SMILES string of the molecule is CCOC(=O)C(C)=Cc1scnc1C. The fourth-order valence-electron chi connectivity index (χ4n) is 0.950. The zero-order valence-electron chi connectivity index (χ0n) is 8.53. The monoisotopic (exact) mass is 211 g/mol. The second-order valence-electron chi connectivity index (χ2n) is 2.85. The van der Waals surface area contributed by atoms with Gasteiger partial charge in [0, 0.05) is 5.57 Å². The van der Waals surface area contributed by atoms with Gasteiger partial charge in [-0.25, -0.2) is 9.78 Å². The number of aryl methyl sites for hydroxylation is 1. The third-order valence-corrected chi connectivity index (χ3v) is 2.61. The van der Waals surface area contributed by atoms with Crippen molar-refractivity contribution in [3.05, 3.63) is 21.7 Å². The number of carbonyl (C=O) groups excluding carboxylic acids is 1. The molecule has 0 N–H and O–H groups in total. The van der Waals surface area contributed by atoms with Crippen LogP contribution in [0.15, 0.2) is 11.1 Å². The molecule has 3 nitrogen and oxygen atoms in total. The summed E-state index contributed by atoms with van der Waals surface area (Å²) in [7, 11) is 0. The largest absolute Gasteiger partial charge is 0.463 e. The number of esters is 1. The summed E-state index contributed by atoms with van der Waals surface area (Å²) in [5, 5.41) is 0. The van der Waals surface area contributed by atoms with E-state index in [4.69, 9.17) is 4.74 Å². The van der Waals surface area contributed by atoms with Crippen molar-refractivity contribution in [2.45, 2.75) is 20.8 Å². The Hall–Kier alpha value is -1.16. The van der Waals surface area contributed by atoms with Gasteiger partial charge in [0.2, 0.25) is 0 Å². The number of hydrogen-bond acceptors (Lipinski definition) is 4. The zero-order valence-corrected chi connectivity index (χ0v) is 9.35. The Morgan fingerprint density at radius 2 is 2.43 bits per heavy atom. The third kappa shape index (κ3) is 2.67. The lowest BCUT2D eigenvalue weighted by Crippen LogP contribution is -2.04. The third-order valence-electron chi connectivity index (χ3n) is 1.73. The molecule has 1 aromatic rings. The zero-order chi connectivity index (χ0) is 10.6. The van der Waals surface area contributed by atoms with Gasteiger partial charge in [-0.1, -0.05) is 0 Å². The fourth-order valence-corrected chi connectivity index (χ4v) is 1.74. The number of rotatable bonds is 3. The van der Waals surface area contributed by atoms with E-state index < -0.39 is 0 Å². The van der Waals surface area contributed by atoms with Crippen LogP contribution in [0.25, 0.3) is 6.08 Å². The molecule has 0 aliphatic rings. The van der Waals surface area contributed by atoms with Gasteiger partial charge < -0.3 is 4.74 Å². The summed E-state index contributed by atoms with van der Waals surface area (Å²) >= 11 is 1.52. The molecule has 0 bridgehead atoms. The van der Waals surface area contributed by atoms with E-state index in [2.05, 4.69) is 4.98 Å². The predicted molar refractivity (Wildman–Crippen MR) is 57.1 cm³/mol. The van der Waals surface area contributed by atoms with E-state index in [0.29, 0.717) is 12.2 Å². The minimum Gasteiger partial charge on any atom is -0.463 e. The number of aromatic nitrogens is 1. The first-order valence-electron chi connectivity index (χ1n) is 4.40. The molecule has 0 saturated heterocycles. The molecule has 0 spiro atoms. The molecule has 0 fully saturated rings. The normalized spacial score (nSPS) is 11.5. The molecule has 14 heavy (non-hydrogen) atoms. The Kier molecular flexibility index (Phi) is 3.83. The second kappa shape index (κ2) is 4.91. The minimum absolute atomic E-state index is 0.264. The first-order valence-corrected chi connectivity index (χ1v) is 5.28. The van der Waals surface area contributed by atoms with Gasteiger partial charge in [-0.15, -0.1) is 11.3 Å². The number of carbonyl (C=O) groups is 1. The van der Waals surface area contributed by atoms with E-state index >= 15 is 0 Å². The fraction of sp³-hybridized carbons (Fsp3) is 0.400. The smallest absolute Gasteiger partial charge is 0.333 e. The molecule has 0 saturated carbocycles. The Morgan fingerprint density at radius 1 is 1.71 bits per heavy atom. The average molecular weight is 211 g/mol. The van der Waals surface area contributed by atoms with Crippen LogP contribution in [0.3, 0.4) is 0 Å². The summed E-state index contributed by atoms with van der Waals surface area (Å²) in [6.07, 6.45) is 1.81. The highest BCUT2D eigenvalue weighted by Crippen LogP contribution is 2.16. The van der Waals surface area contributed by atoms with Crippen molar-refractivity contribution in [1.29, 1.82) is 0 Å². The molecular formula is C10H13NO2S. The molecule has 0 radical (unpaired) electrons. The van der Waals surface area contributed by atoms with Crippen LogP contribution >= 0.6 is 11.3 Å². The predicted octanol–water partition coefficient (Wildman–Crippen LogP) is 2.42. The molecule has 0 aliphatic heterocycles. The minimum atomic E-state index is -0.264. The highest BCUT2D eigenvalue weighted by molar-refractivity contribution is 7.10. The highest BCUT2D eigenvalue weighted by atomic mass is 32.1. The van der Waals surface area contributed by atoms with E-state index in [-0.39, 0.29) is 5.97 Å². The molecule has 1 rings (SSSR count). The number of nitrogens with zero attached hydrogens (tertiary/aromatic N) is 1. The van der Waals surface area contributed by atoms with E-state index in [1.54, 1.807) is 19.4 Å². The van der Waals surface area contributed by atoms with Crippen LogP contribution in [-0.2, 0) is 9.53 Å². The van der Waals surface area contributed by atoms with E-state index in [1.807, 2.05) is 13.0 Å². The highest BCUT2D eigenvalue weighted by Gasteiger charge is 2.06. The summed E-state index contributed by atoms with van der Waals surface area (Å²) < 4.78 is 4.87. The Morgan fingerprint density at radius 3 is 2.93 bits per heavy atom. The van der Waals surface area contributed by atoms with Crippen LogP contribution in [0.2, 0.25) is 0 Å². The van der Waals surface area contributed by atoms with Crippen molar-refractivity contribution in [2.24, 2.45) is 0 Å². The van der Waals surface area contributed by atoms with Crippen LogP contribution in [0, 0.1) is 6.92 Å². The van der Waals surface area contributed by atoms with Crippen molar-refractivity contribution in [1.82, 2.24) is 4.98 Å². The summed E-state index contributed by atoms with van der Waals surface area (Å²) in [6.45, 7) is 5.87. The van der Waals surface area contributed by atoms with Crippen molar-refractivity contribution >= 4 is 23.4 Å². The Labute approximate surface area is 87.4 Å². The number of ether oxygens (including phenoxy) is 1. The van der Waals surface area contributed by atoms with E-state index in [1.165, 1.54) is 11.3 Å². The van der Waals surface area contributed by atoms with Gasteiger partial charge in [0.1, 0.15) is 0 Å². The summed E-state index contributed by atoms with van der Waals surface area (Å²) in [5.41, 5.74) is 3.32. The van der Waals surface area contributed by atoms with Crippen LogP contribution in [0.1, 0.15) is 24.4 Å². The molecule has 0 aliphatic carbocycles. The van der Waals surface area contributed by atoms with Gasteiger partial charge in [-0.05, 0) is 26.8 Å². The van der Waals surface area contributed by atoms with E-state index in [9.17, 15) is 4.79 Å². The van der Waals surface area contributed by atoms with Crippen LogP contribution in [-0.4, -0.2) is 17.6 Å². The van der Waals surface area contributed by atoms with Crippen molar-refractivity contribution < 1.29 is 9.53 Å². The Balaban J connectivity index is 2.78. The molecule has 1 aromatic heterocycles. The lowest BCUT2D eigenvalue weighted by molar-refractivity contribution is -0.138. The van der Waals surface area contributed by atoms with Gasteiger partial charge in [0.15, 0.2) is 0 Å². The van der Waals surface area contributed by atoms with Crippen LogP contribution in [0.4, 0.5) is 0 Å². The molecular weight excluding hydrogens is 198 g/mol. The molecule has 0 unspecified atom stereocenters. The van der Waals surface area contributed by atoms with Crippen molar-refractivity contribution in [2.75, 3.05) is 6.61 Å². The number of thiazole rings is 1. The van der Waals surface area contributed by atoms with Gasteiger partial charge >= 0.3 is 5.97 Å². The molecule has 0 amide bonds. The first-order chi connectivity index (χ1) is 6.65. The Bertz CT molecular complexity index is 355. The molecule has 76 valence electrons. The molecule has 0 aromatic carbocycles. The van der Waals surface area contributed by atoms with Crippen molar-refractivity contribution in [3.8, 4) is 0 Å². The standard InChI is InChI=1S/C10H13NO2S/c1-4-13-10(12)7(2)5-9-8(3)11-6-14-9/h5-6H,4H2,1-3H3. The van der Waals surface area contributed by atoms with Gasteiger partial charge in [0.05, 0.1) is 22.7 Å². The quantitative estimate of drug-likeness (QED) is 0.569. The second-order valence-corrected chi connectivity index (χ2v) is 3.74. The molecule has 0 atom stereocenters. The number of hydrogen-bond donors (Lipinski definition) is 0. The van der Waals surface area contributed by atoms with Crippen molar-refractivity contribution in [3.63, 3.8) is 0 Å². The lowest BCUT2D eigenvalue weighted by Gasteiger charge is -2.00. The van der Waals surface area contributed by atoms with Gasteiger partial charge in [0.25, 0.3) is 0 Å². The maximum Gasteiger partial charge on any atom is 0.333 e. The average Bonchev–Trinajstić information content (AvgIpc) is 2.52. The first kappa shape index (κ1) is 10.9. The topological polar surface area (TPSA) is 39.2 Å². The van der Waals surface area contributed by atoms with Gasteiger partial charge in [-0.3, -0.25) is 0 Å². The van der Waals surface area contributed by atoms with Crippen LogP contribution in [0.5, 0.6) is 0 Å². The molecule has 4 heteroatoms. The van der Waals surface area contributed by atoms with Crippen LogP contribution < -0.4 is 0 Å². The lowest BCUT2D eigenvalue weighted by atomic mass is 10.2.